The van der Waals surface area contributed by atoms with Crippen LogP contribution >= 0.6 is 27.3 Å². The van der Waals surface area contributed by atoms with Crippen molar-refractivity contribution in [2.45, 2.75) is 18.9 Å². The van der Waals surface area contributed by atoms with E-state index in [1.165, 1.54) is 11.6 Å². The van der Waals surface area contributed by atoms with E-state index in [0.717, 1.165) is 22.9 Å². The molecule has 2 aromatic rings. The zero-order valence-corrected chi connectivity index (χ0v) is 12.5. The van der Waals surface area contributed by atoms with Gasteiger partial charge >= 0.3 is 0 Å². The summed E-state index contributed by atoms with van der Waals surface area (Å²) in [4.78, 5) is 0. The molecule has 0 fully saturated rings. The van der Waals surface area contributed by atoms with Gasteiger partial charge in [0.05, 0.1) is 0 Å². The van der Waals surface area contributed by atoms with Crippen LogP contribution in [0.3, 0.4) is 0 Å². The third-order valence-corrected chi connectivity index (χ3v) is 4.44. The average molecular weight is 328 g/mol. The van der Waals surface area contributed by atoms with E-state index in [0.29, 0.717) is 0 Å². The van der Waals surface area contributed by atoms with Gasteiger partial charge in [-0.1, -0.05) is 15.9 Å². The molecule has 1 atom stereocenters. The quantitative estimate of drug-likeness (QED) is 0.849. The second-order valence-electron chi connectivity index (χ2n) is 4.18. The first-order valence-electron chi connectivity index (χ1n) is 5.84. The molecule has 0 saturated carbocycles. The molecule has 0 bridgehead atoms. The van der Waals surface area contributed by atoms with Gasteiger partial charge in [-0.15, -0.1) is 0 Å². The van der Waals surface area contributed by atoms with Gasteiger partial charge in [-0.25, -0.2) is 4.39 Å². The fourth-order valence-corrected chi connectivity index (χ4v) is 3.21. The molecule has 18 heavy (non-hydrogen) atoms. The van der Waals surface area contributed by atoms with E-state index in [9.17, 15) is 4.39 Å². The molecule has 0 amide bonds. The average Bonchev–Trinajstić information content (AvgIpc) is 2.87. The van der Waals surface area contributed by atoms with Gasteiger partial charge in [0.1, 0.15) is 5.82 Å². The van der Waals surface area contributed by atoms with Gasteiger partial charge in [-0.2, -0.15) is 11.3 Å². The van der Waals surface area contributed by atoms with Crippen molar-refractivity contribution < 1.29 is 4.39 Å². The molecule has 0 aliphatic carbocycles. The molecule has 1 nitrogen and oxygen atoms in total. The Labute approximate surface area is 119 Å². The van der Waals surface area contributed by atoms with Gasteiger partial charge in [-0.3, -0.25) is 0 Å². The molecule has 1 aromatic carbocycles. The monoisotopic (exact) mass is 327 g/mol. The highest BCUT2D eigenvalue weighted by atomic mass is 79.9. The summed E-state index contributed by atoms with van der Waals surface area (Å²) in [5.74, 6) is -0.191. The summed E-state index contributed by atoms with van der Waals surface area (Å²) in [6.07, 6.45) is 1.95. The van der Waals surface area contributed by atoms with E-state index < -0.39 is 0 Å². The van der Waals surface area contributed by atoms with Gasteiger partial charge in [0.15, 0.2) is 0 Å². The number of benzene rings is 1. The van der Waals surface area contributed by atoms with Crippen molar-refractivity contribution in [3.8, 4) is 0 Å². The molecule has 4 heteroatoms. The highest BCUT2D eigenvalue weighted by molar-refractivity contribution is 9.10. The number of aryl methyl sites for hydroxylation is 1. The Balaban J connectivity index is 2.10. The van der Waals surface area contributed by atoms with Gasteiger partial charge in [-0.05, 0) is 66.0 Å². The summed E-state index contributed by atoms with van der Waals surface area (Å²) in [5.41, 5.74) is 2.32. The molecule has 2 rings (SSSR count). The van der Waals surface area contributed by atoms with Crippen LogP contribution in [0.2, 0.25) is 0 Å². The van der Waals surface area contributed by atoms with Gasteiger partial charge in [0.25, 0.3) is 0 Å². The van der Waals surface area contributed by atoms with Crippen LogP contribution in [0.15, 0.2) is 39.5 Å². The smallest absolute Gasteiger partial charge is 0.123 e. The van der Waals surface area contributed by atoms with Gasteiger partial charge in [0, 0.05) is 10.5 Å². The minimum absolute atomic E-state index is 0.162. The summed E-state index contributed by atoms with van der Waals surface area (Å²) in [6.45, 7) is 0. The third kappa shape index (κ3) is 3.40. The number of halogens is 2. The van der Waals surface area contributed by atoms with E-state index in [1.807, 2.05) is 7.05 Å². The summed E-state index contributed by atoms with van der Waals surface area (Å²) < 4.78 is 14.3. The lowest BCUT2D eigenvalue weighted by molar-refractivity contribution is 0.540. The Morgan fingerprint density at radius 3 is 2.89 bits per heavy atom. The topological polar surface area (TPSA) is 12.0 Å². The van der Waals surface area contributed by atoms with E-state index in [4.69, 9.17) is 0 Å². The van der Waals surface area contributed by atoms with Crippen molar-refractivity contribution in [2.75, 3.05) is 7.05 Å². The molecule has 0 radical (unpaired) electrons. The van der Waals surface area contributed by atoms with E-state index in [1.54, 1.807) is 23.5 Å². The van der Waals surface area contributed by atoms with E-state index >= 15 is 0 Å². The fourth-order valence-electron chi connectivity index (χ4n) is 1.98. The summed E-state index contributed by atoms with van der Waals surface area (Å²) in [7, 11) is 1.91. The molecule has 0 spiro atoms. The van der Waals surface area contributed by atoms with E-state index in [-0.39, 0.29) is 11.9 Å². The van der Waals surface area contributed by atoms with Crippen LogP contribution in [0, 0.1) is 5.82 Å². The van der Waals surface area contributed by atoms with Crippen molar-refractivity contribution in [1.29, 1.82) is 0 Å². The Hall–Kier alpha value is -0.710. The molecule has 1 unspecified atom stereocenters. The maximum absolute atomic E-state index is 13.3. The molecule has 1 aromatic heterocycles. The van der Waals surface area contributed by atoms with Crippen LogP contribution in [-0.2, 0) is 6.42 Å². The molecule has 1 N–H and O–H groups in total. The zero-order chi connectivity index (χ0) is 13.0. The van der Waals surface area contributed by atoms with Gasteiger partial charge in [0.2, 0.25) is 0 Å². The molecule has 0 aliphatic heterocycles. The standard InChI is InChI=1S/C14H15BrFNS/c1-17-14(5-2-10-6-7-18-9-10)12-8-11(16)3-4-13(12)15/h3-4,6-9,14,17H,2,5H2,1H3. The highest BCUT2D eigenvalue weighted by Crippen LogP contribution is 2.27. The normalized spacial score (nSPS) is 12.6. The molecule has 0 saturated heterocycles. The minimum atomic E-state index is -0.191. The second kappa shape index (κ2) is 6.45. The SMILES string of the molecule is CNC(CCc1ccsc1)c1cc(F)ccc1Br. The maximum atomic E-state index is 13.3. The molecular weight excluding hydrogens is 313 g/mol. The molecule has 1 heterocycles. The molecule has 96 valence electrons. The zero-order valence-electron chi connectivity index (χ0n) is 10.1. The van der Waals surface area contributed by atoms with Crippen molar-refractivity contribution in [3.63, 3.8) is 0 Å². The van der Waals surface area contributed by atoms with Crippen molar-refractivity contribution in [1.82, 2.24) is 5.32 Å². The predicted octanol–water partition coefficient (Wildman–Crippen LogP) is 4.54. The first kappa shape index (κ1) is 13.7. The largest absolute Gasteiger partial charge is 0.313 e. The Kier molecular flexibility index (Phi) is 4.92. The fraction of sp³-hybridized carbons (Fsp3) is 0.286. The third-order valence-electron chi connectivity index (χ3n) is 2.98. The van der Waals surface area contributed by atoms with Crippen LogP contribution < -0.4 is 5.32 Å². The van der Waals surface area contributed by atoms with Crippen molar-refractivity contribution in [3.05, 3.63) is 56.4 Å². The summed E-state index contributed by atoms with van der Waals surface area (Å²) in [5, 5.41) is 7.50. The number of rotatable bonds is 5. The van der Waals surface area contributed by atoms with E-state index in [2.05, 4.69) is 38.1 Å². The summed E-state index contributed by atoms with van der Waals surface area (Å²) >= 11 is 5.20. The maximum Gasteiger partial charge on any atom is 0.123 e. The van der Waals surface area contributed by atoms with Crippen LogP contribution in [0.4, 0.5) is 4.39 Å². The van der Waals surface area contributed by atoms with Crippen molar-refractivity contribution in [2.24, 2.45) is 0 Å². The first-order valence-corrected chi connectivity index (χ1v) is 7.57. The lowest BCUT2D eigenvalue weighted by Crippen LogP contribution is -2.17. The minimum Gasteiger partial charge on any atom is -0.313 e. The van der Waals surface area contributed by atoms with Crippen LogP contribution in [0.5, 0.6) is 0 Å². The molecular formula is C14H15BrFNS. The second-order valence-corrected chi connectivity index (χ2v) is 5.81. The number of nitrogens with one attached hydrogen (secondary N) is 1. The van der Waals surface area contributed by atoms with Crippen LogP contribution in [0.1, 0.15) is 23.6 Å². The predicted molar refractivity (Wildman–Crippen MR) is 78.5 cm³/mol. The number of thiophene rings is 1. The van der Waals surface area contributed by atoms with Gasteiger partial charge < -0.3 is 5.32 Å². The van der Waals surface area contributed by atoms with Crippen LogP contribution in [0.25, 0.3) is 0 Å². The number of hydrogen-bond donors (Lipinski definition) is 1. The Morgan fingerprint density at radius 1 is 1.39 bits per heavy atom. The lowest BCUT2D eigenvalue weighted by atomic mass is 10.00. The summed E-state index contributed by atoms with van der Waals surface area (Å²) in [6, 6.07) is 7.13. The van der Waals surface area contributed by atoms with Crippen LogP contribution in [-0.4, -0.2) is 7.05 Å². The first-order chi connectivity index (χ1) is 8.70. The lowest BCUT2D eigenvalue weighted by Gasteiger charge is -2.18. The number of hydrogen-bond acceptors (Lipinski definition) is 2. The Bertz CT molecular complexity index is 499. The molecule has 0 aliphatic rings. The van der Waals surface area contributed by atoms with Crippen molar-refractivity contribution >= 4 is 27.3 Å². The highest BCUT2D eigenvalue weighted by Gasteiger charge is 2.13. The Morgan fingerprint density at radius 2 is 2.22 bits per heavy atom.